The summed E-state index contributed by atoms with van der Waals surface area (Å²) < 4.78 is 5.07. The zero-order valence-corrected chi connectivity index (χ0v) is 12.1. The molecule has 0 radical (unpaired) electrons. The van der Waals surface area contributed by atoms with E-state index in [9.17, 15) is 14.7 Å². The number of anilines is 1. The summed E-state index contributed by atoms with van der Waals surface area (Å²) >= 11 is 0. The summed E-state index contributed by atoms with van der Waals surface area (Å²) in [6, 6.07) is 3.36. The molecule has 0 unspecified atom stereocenters. The molecule has 21 heavy (non-hydrogen) atoms. The van der Waals surface area contributed by atoms with Gasteiger partial charge in [0, 0.05) is 12.6 Å². The molecule has 2 rings (SSSR count). The summed E-state index contributed by atoms with van der Waals surface area (Å²) in [7, 11) is 1.47. The van der Waals surface area contributed by atoms with Crippen molar-refractivity contribution in [2.24, 2.45) is 5.41 Å². The van der Waals surface area contributed by atoms with E-state index >= 15 is 0 Å². The number of rotatable bonds is 5. The summed E-state index contributed by atoms with van der Waals surface area (Å²) in [5.74, 6) is -0.875. The van der Waals surface area contributed by atoms with Crippen LogP contribution in [0.1, 0.15) is 38.5 Å². The van der Waals surface area contributed by atoms with E-state index in [1.165, 1.54) is 7.11 Å². The Balaban J connectivity index is 2.07. The van der Waals surface area contributed by atoms with Crippen molar-refractivity contribution >= 4 is 17.6 Å². The number of hydrogen-bond donors (Lipinski definition) is 2. The largest absolute Gasteiger partial charge is 0.481 e. The first-order valence-electron chi connectivity index (χ1n) is 7.10. The summed E-state index contributed by atoms with van der Waals surface area (Å²) in [4.78, 5) is 27.8. The Labute approximate surface area is 123 Å². The van der Waals surface area contributed by atoms with Crippen molar-refractivity contribution in [3.05, 3.63) is 18.3 Å². The number of hydrogen-bond acceptors (Lipinski definition) is 4. The minimum atomic E-state index is -0.933. The average molecular weight is 292 g/mol. The minimum Gasteiger partial charge on any atom is -0.481 e. The second-order valence-electron chi connectivity index (χ2n) is 5.43. The van der Waals surface area contributed by atoms with E-state index in [4.69, 9.17) is 4.74 Å². The predicted octanol–water partition coefficient (Wildman–Crippen LogP) is 2.45. The number of ether oxygens (including phenoxy) is 1. The third-order valence-electron chi connectivity index (χ3n) is 4.00. The van der Waals surface area contributed by atoms with Crippen LogP contribution in [0, 0.1) is 5.41 Å². The maximum absolute atomic E-state index is 12.2. The number of nitrogens with zero attached hydrogens (tertiary/aromatic N) is 1. The first kappa shape index (κ1) is 15.3. The Morgan fingerprint density at radius 2 is 2.10 bits per heavy atom. The van der Waals surface area contributed by atoms with Crippen molar-refractivity contribution in [2.75, 3.05) is 12.4 Å². The molecule has 1 aromatic heterocycles. The summed E-state index contributed by atoms with van der Waals surface area (Å²) in [6.45, 7) is 0. The fraction of sp³-hybridized carbons (Fsp3) is 0.533. The third kappa shape index (κ3) is 3.51. The van der Waals surface area contributed by atoms with Gasteiger partial charge in [-0.05, 0) is 25.0 Å². The zero-order chi connectivity index (χ0) is 15.3. The summed E-state index contributed by atoms with van der Waals surface area (Å²) in [5.41, 5.74) is -0.473. The highest BCUT2D eigenvalue weighted by Gasteiger charge is 2.41. The molecule has 6 heteroatoms. The Morgan fingerprint density at radius 1 is 1.38 bits per heavy atom. The normalized spacial score (nSPS) is 17.0. The number of aliphatic carboxylic acids is 1. The van der Waals surface area contributed by atoms with Crippen molar-refractivity contribution in [1.29, 1.82) is 0 Å². The van der Waals surface area contributed by atoms with Crippen LogP contribution in [-0.2, 0) is 9.59 Å². The van der Waals surface area contributed by atoms with Crippen LogP contribution >= 0.6 is 0 Å². The van der Waals surface area contributed by atoms with Gasteiger partial charge in [-0.1, -0.05) is 19.3 Å². The van der Waals surface area contributed by atoms with Gasteiger partial charge in [0.15, 0.2) is 0 Å². The molecule has 1 aromatic rings. The van der Waals surface area contributed by atoms with E-state index in [-0.39, 0.29) is 12.3 Å². The SMILES string of the molecule is COc1ncccc1NC(=O)CC1(C(=O)O)CCCCC1. The van der Waals surface area contributed by atoms with Gasteiger partial charge in [0.25, 0.3) is 0 Å². The highest BCUT2D eigenvalue weighted by atomic mass is 16.5. The Hall–Kier alpha value is -2.11. The van der Waals surface area contributed by atoms with Crippen molar-refractivity contribution in [3.8, 4) is 5.88 Å². The number of nitrogens with one attached hydrogen (secondary N) is 1. The molecule has 0 bridgehead atoms. The number of methoxy groups -OCH3 is 1. The van der Waals surface area contributed by atoms with Crippen LogP contribution in [0.4, 0.5) is 5.69 Å². The van der Waals surface area contributed by atoms with Crippen molar-refractivity contribution in [1.82, 2.24) is 4.98 Å². The minimum absolute atomic E-state index is 0.0135. The molecule has 0 spiro atoms. The number of carboxylic acids is 1. The fourth-order valence-electron chi connectivity index (χ4n) is 2.85. The predicted molar refractivity (Wildman–Crippen MR) is 77.2 cm³/mol. The maximum atomic E-state index is 12.2. The molecule has 1 saturated carbocycles. The average Bonchev–Trinajstić information content (AvgIpc) is 2.48. The molecule has 2 N–H and O–H groups in total. The molecule has 0 aromatic carbocycles. The summed E-state index contributed by atoms with van der Waals surface area (Å²) in [6.07, 6.45) is 5.41. The molecule has 114 valence electrons. The molecule has 1 aliphatic carbocycles. The number of amides is 1. The molecule has 1 heterocycles. The van der Waals surface area contributed by atoms with Crippen LogP contribution in [0.3, 0.4) is 0 Å². The van der Waals surface area contributed by atoms with E-state index in [0.717, 1.165) is 19.3 Å². The van der Waals surface area contributed by atoms with Crippen LogP contribution in [-0.4, -0.2) is 29.1 Å². The zero-order valence-electron chi connectivity index (χ0n) is 12.1. The van der Waals surface area contributed by atoms with Crippen LogP contribution < -0.4 is 10.1 Å². The quantitative estimate of drug-likeness (QED) is 0.870. The van der Waals surface area contributed by atoms with E-state index in [0.29, 0.717) is 24.4 Å². The monoisotopic (exact) mass is 292 g/mol. The van der Waals surface area contributed by atoms with Gasteiger partial charge in [0.2, 0.25) is 11.8 Å². The van der Waals surface area contributed by atoms with Crippen LogP contribution in [0.2, 0.25) is 0 Å². The topological polar surface area (TPSA) is 88.5 Å². The number of pyridine rings is 1. The van der Waals surface area contributed by atoms with E-state index in [1.54, 1.807) is 18.3 Å². The molecule has 0 aliphatic heterocycles. The Kier molecular flexibility index (Phi) is 4.77. The fourth-order valence-corrected chi connectivity index (χ4v) is 2.85. The number of carbonyl (C=O) groups is 2. The lowest BCUT2D eigenvalue weighted by molar-refractivity contribution is -0.153. The molecule has 1 amide bonds. The van der Waals surface area contributed by atoms with Gasteiger partial charge in [-0.3, -0.25) is 9.59 Å². The standard InChI is InChI=1S/C15H20N2O4/c1-21-13-11(6-5-9-16-13)17-12(18)10-15(14(19)20)7-3-2-4-8-15/h5-6,9H,2-4,7-8,10H2,1H3,(H,17,18)(H,19,20). The second kappa shape index (κ2) is 6.56. The van der Waals surface area contributed by atoms with Gasteiger partial charge >= 0.3 is 5.97 Å². The Bertz CT molecular complexity index is 524. The number of carboxylic acid groups (broad SMARTS) is 1. The third-order valence-corrected chi connectivity index (χ3v) is 4.00. The molecule has 0 atom stereocenters. The van der Waals surface area contributed by atoms with Gasteiger partial charge in [0.1, 0.15) is 5.69 Å². The van der Waals surface area contributed by atoms with Gasteiger partial charge in [-0.15, -0.1) is 0 Å². The lowest BCUT2D eigenvalue weighted by Crippen LogP contribution is -2.37. The van der Waals surface area contributed by atoms with Gasteiger partial charge in [-0.25, -0.2) is 4.98 Å². The van der Waals surface area contributed by atoms with Gasteiger partial charge in [-0.2, -0.15) is 0 Å². The van der Waals surface area contributed by atoms with E-state index in [1.807, 2.05) is 0 Å². The molecular formula is C15H20N2O4. The van der Waals surface area contributed by atoms with Crippen molar-refractivity contribution in [3.63, 3.8) is 0 Å². The molecule has 1 fully saturated rings. The molecular weight excluding hydrogens is 272 g/mol. The van der Waals surface area contributed by atoms with Crippen molar-refractivity contribution in [2.45, 2.75) is 38.5 Å². The van der Waals surface area contributed by atoms with Crippen LogP contribution in [0.5, 0.6) is 5.88 Å². The van der Waals surface area contributed by atoms with Gasteiger partial charge < -0.3 is 15.2 Å². The number of aromatic nitrogens is 1. The van der Waals surface area contributed by atoms with E-state index in [2.05, 4.69) is 10.3 Å². The highest BCUT2D eigenvalue weighted by Crippen LogP contribution is 2.40. The Morgan fingerprint density at radius 3 is 2.71 bits per heavy atom. The van der Waals surface area contributed by atoms with Crippen LogP contribution in [0.15, 0.2) is 18.3 Å². The molecule has 0 saturated heterocycles. The lowest BCUT2D eigenvalue weighted by atomic mass is 9.71. The van der Waals surface area contributed by atoms with Gasteiger partial charge in [0.05, 0.1) is 12.5 Å². The first-order chi connectivity index (χ1) is 10.1. The van der Waals surface area contributed by atoms with Crippen LogP contribution in [0.25, 0.3) is 0 Å². The second-order valence-corrected chi connectivity index (χ2v) is 5.43. The van der Waals surface area contributed by atoms with Crippen molar-refractivity contribution < 1.29 is 19.4 Å². The smallest absolute Gasteiger partial charge is 0.310 e. The summed E-state index contributed by atoms with van der Waals surface area (Å²) in [5, 5.41) is 12.2. The highest BCUT2D eigenvalue weighted by molar-refractivity contribution is 5.95. The molecule has 6 nitrogen and oxygen atoms in total. The van der Waals surface area contributed by atoms with E-state index < -0.39 is 11.4 Å². The maximum Gasteiger partial charge on any atom is 0.310 e. The first-order valence-corrected chi connectivity index (χ1v) is 7.10. The lowest BCUT2D eigenvalue weighted by Gasteiger charge is -2.32. The number of carbonyl (C=O) groups excluding carboxylic acids is 1. The molecule has 1 aliphatic rings.